The number of carbonyl (C=O) groups is 1. The molecule has 0 aliphatic heterocycles. The van der Waals surface area contributed by atoms with Gasteiger partial charge < -0.3 is 16.2 Å². The molecule has 1 aromatic rings. The summed E-state index contributed by atoms with van der Waals surface area (Å²) in [6, 6.07) is 3.13. The van der Waals surface area contributed by atoms with E-state index in [4.69, 9.17) is 27.8 Å². The number of nitrogen functional groups attached to an aromatic ring is 2. The van der Waals surface area contributed by atoms with Crippen LogP contribution in [0.2, 0.25) is 5.02 Å². The first kappa shape index (κ1) is 11.7. The molecule has 0 fully saturated rings. The molecule has 82 valence electrons. The van der Waals surface area contributed by atoms with Crippen molar-refractivity contribution in [3.8, 4) is 0 Å². The molecule has 0 radical (unpaired) electrons. The fourth-order valence-corrected chi connectivity index (χ4v) is 1.35. The Morgan fingerprint density at radius 2 is 2.07 bits per heavy atom. The number of rotatable bonds is 3. The summed E-state index contributed by atoms with van der Waals surface area (Å²) in [5, 5.41) is 0.389. The number of anilines is 2. The lowest BCUT2D eigenvalue weighted by molar-refractivity contribution is -0.142. The molecule has 0 aliphatic carbocycles. The molecule has 0 heterocycles. The zero-order chi connectivity index (χ0) is 11.4. The van der Waals surface area contributed by atoms with Crippen molar-refractivity contribution >= 4 is 28.9 Å². The van der Waals surface area contributed by atoms with Crippen LogP contribution in [-0.4, -0.2) is 12.6 Å². The Bertz CT molecular complexity index is 380. The van der Waals surface area contributed by atoms with Gasteiger partial charge in [-0.15, -0.1) is 0 Å². The zero-order valence-corrected chi connectivity index (χ0v) is 9.17. The minimum absolute atomic E-state index is 0.112. The third-order valence-electron chi connectivity index (χ3n) is 1.90. The van der Waals surface area contributed by atoms with Crippen LogP contribution in [0.5, 0.6) is 0 Å². The lowest BCUT2D eigenvalue weighted by atomic mass is 10.1. The standard InChI is InChI=1S/C10H13ClN2O2/c1-2-15-10(14)4-6-3-9(13)7(11)5-8(6)12/h3,5H,2,4,12-13H2,1H3. The van der Waals surface area contributed by atoms with E-state index in [9.17, 15) is 4.79 Å². The van der Waals surface area contributed by atoms with Crippen molar-refractivity contribution in [1.29, 1.82) is 0 Å². The molecule has 4 N–H and O–H groups in total. The van der Waals surface area contributed by atoms with Crippen molar-refractivity contribution in [2.24, 2.45) is 0 Å². The van der Waals surface area contributed by atoms with E-state index >= 15 is 0 Å². The van der Waals surface area contributed by atoms with Gasteiger partial charge in [0, 0.05) is 5.69 Å². The van der Waals surface area contributed by atoms with Crippen LogP contribution in [0, 0.1) is 0 Å². The average molecular weight is 229 g/mol. The third-order valence-corrected chi connectivity index (χ3v) is 2.23. The Labute approximate surface area is 93.1 Å². The molecule has 0 atom stereocenters. The number of halogens is 1. The topological polar surface area (TPSA) is 78.3 Å². The molecule has 0 aliphatic rings. The van der Waals surface area contributed by atoms with E-state index in [2.05, 4.69) is 0 Å². The van der Waals surface area contributed by atoms with Crippen LogP contribution >= 0.6 is 11.6 Å². The summed E-state index contributed by atoms with van der Waals surface area (Å²) >= 11 is 5.76. The van der Waals surface area contributed by atoms with Gasteiger partial charge in [-0.3, -0.25) is 4.79 Å². The second-order valence-corrected chi connectivity index (χ2v) is 3.46. The van der Waals surface area contributed by atoms with Crippen molar-refractivity contribution < 1.29 is 9.53 Å². The molecule has 0 unspecified atom stereocenters. The second kappa shape index (κ2) is 4.89. The van der Waals surface area contributed by atoms with E-state index in [1.54, 1.807) is 13.0 Å². The van der Waals surface area contributed by atoms with Gasteiger partial charge in [0.1, 0.15) is 0 Å². The lowest BCUT2D eigenvalue weighted by Crippen LogP contribution is -2.09. The monoisotopic (exact) mass is 228 g/mol. The maximum absolute atomic E-state index is 11.2. The van der Waals surface area contributed by atoms with Crippen LogP contribution in [-0.2, 0) is 16.0 Å². The van der Waals surface area contributed by atoms with Gasteiger partial charge in [-0.1, -0.05) is 11.6 Å². The van der Waals surface area contributed by atoms with Crippen LogP contribution in [0.1, 0.15) is 12.5 Å². The van der Waals surface area contributed by atoms with Gasteiger partial charge in [-0.05, 0) is 24.6 Å². The van der Waals surface area contributed by atoms with E-state index in [0.717, 1.165) is 0 Å². The Balaban J connectivity index is 2.86. The van der Waals surface area contributed by atoms with Crippen molar-refractivity contribution in [1.82, 2.24) is 0 Å². The smallest absolute Gasteiger partial charge is 0.310 e. The fraction of sp³-hybridized carbons (Fsp3) is 0.300. The quantitative estimate of drug-likeness (QED) is 0.609. The Kier molecular flexibility index (Phi) is 3.80. The van der Waals surface area contributed by atoms with Gasteiger partial charge in [0.25, 0.3) is 0 Å². The molecule has 0 saturated heterocycles. The lowest BCUT2D eigenvalue weighted by Gasteiger charge is -2.07. The van der Waals surface area contributed by atoms with E-state index in [0.29, 0.717) is 28.6 Å². The summed E-state index contributed by atoms with van der Waals surface area (Å²) < 4.78 is 4.80. The summed E-state index contributed by atoms with van der Waals surface area (Å²) in [7, 11) is 0. The van der Waals surface area contributed by atoms with Gasteiger partial charge in [0.05, 0.1) is 23.7 Å². The average Bonchev–Trinajstić information content (AvgIpc) is 2.14. The molecular formula is C10H13ClN2O2. The molecule has 0 saturated carbocycles. The fourth-order valence-electron chi connectivity index (χ4n) is 1.17. The number of benzene rings is 1. The molecule has 1 rings (SSSR count). The van der Waals surface area contributed by atoms with Crippen molar-refractivity contribution in [3.63, 3.8) is 0 Å². The first-order chi connectivity index (χ1) is 7.04. The highest BCUT2D eigenvalue weighted by Crippen LogP contribution is 2.25. The number of hydrogen-bond acceptors (Lipinski definition) is 4. The molecule has 0 aromatic heterocycles. The van der Waals surface area contributed by atoms with Gasteiger partial charge >= 0.3 is 5.97 Å². The van der Waals surface area contributed by atoms with Crippen LogP contribution in [0.25, 0.3) is 0 Å². The van der Waals surface area contributed by atoms with Crippen molar-refractivity contribution in [2.75, 3.05) is 18.1 Å². The van der Waals surface area contributed by atoms with E-state index in [1.807, 2.05) is 0 Å². The molecule has 0 bridgehead atoms. The summed E-state index contributed by atoms with van der Waals surface area (Å²) in [5.74, 6) is -0.328. The predicted molar refractivity (Wildman–Crippen MR) is 60.6 cm³/mol. The van der Waals surface area contributed by atoms with Crippen LogP contribution in [0.3, 0.4) is 0 Å². The SMILES string of the molecule is CCOC(=O)Cc1cc(N)c(Cl)cc1N. The Hall–Kier alpha value is -1.42. The number of nitrogens with two attached hydrogens (primary N) is 2. The van der Waals surface area contributed by atoms with E-state index < -0.39 is 0 Å². The highest BCUT2D eigenvalue weighted by atomic mass is 35.5. The molecule has 15 heavy (non-hydrogen) atoms. The minimum Gasteiger partial charge on any atom is -0.466 e. The molecule has 1 aromatic carbocycles. The second-order valence-electron chi connectivity index (χ2n) is 3.05. The van der Waals surface area contributed by atoms with Gasteiger partial charge in [0.2, 0.25) is 0 Å². The van der Waals surface area contributed by atoms with E-state index in [-0.39, 0.29) is 12.4 Å². The van der Waals surface area contributed by atoms with Gasteiger partial charge in [-0.2, -0.15) is 0 Å². The van der Waals surface area contributed by atoms with Crippen LogP contribution < -0.4 is 11.5 Å². The van der Waals surface area contributed by atoms with Gasteiger partial charge in [0.15, 0.2) is 0 Å². The Morgan fingerprint density at radius 1 is 1.40 bits per heavy atom. The summed E-state index contributed by atoms with van der Waals surface area (Å²) in [5.41, 5.74) is 12.8. The Morgan fingerprint density at radius 3 is 2.67 bits per heavy atom. The molecule has 4 nitrogen and oxygen atoms in total. The molecule has 0 amide bonds. The number of esters is 1. The number of hydrogen-bond donors (Lipinski definition) is 2. The third kappa shape index (κ3) is 3.02. The maximum Gasteiger partial charge on any atom is 0.310 e. The summed E-state index contributed by atoms with van der Waals surface area (Å²) in [4.78, 5) is 11.2. The highest BCUT2D eigenvalue weighted by molar-refractivity contribution is 6.33. The maximum atomic E-state index is 11.2. The number of ether oxygens (including phenoxy) is 1. The van der Waals surface area contributed by atoms with Crippen molar-refractivity contribution in [3.05, 3.63) is 22.7 Å². The van der Waals surface area contributed by atoms with Gasteiger partial charge in [-0.25, -0.2) is 0 Å². The first-order valence-corrected chi connectivity index (χ1v) is 4.91. The predicted octanol–water partition coefficient (Wildman–Crippen LogP) is 1.61. The zero-order valence-electron chi connectivity index (χ0n) is 8.42. The summed E-state index contributed by atoms with van der Waals surface area (Å²) in [6.07, 6.45) is 0.112. The molecular weight excluding hydrogens is 216 g/mol. The van der Waals surface area contributed by atoms with Crippen LogP contribution in [0.15, 0.2) is 12.1 Å². The minimum atomic E-state index is -0.328. The highest BCUT2D eigenvalue weighted by Gasteiger charge is 2.09. The molecule has 0 spiro atoms. The normalized spacial score (nSPS) is 10.0. The largest absolute Gasteiger partial charge is 0.466 e. The number of carbonyl (C=O) groups excluding carboxylic acids is 1. The molecule has 5 heteroatoms. The summed E-state index contributed by atoms with van der Waals surface area (Å²) in [6.45, 7) is 2.10. The van der Waals surface area contributed by atoms with Crippen LogP contribution in [0.4, 0.5) is 11.4 Å². The van der Waals surface area contributed by atoms with Crippen molar-refractivity contribution in [2.45, 2.75) is 13.3 Å². The van der Waals surface area contributed by atoms with E-state index in [1.165, 1.54) is 6.07 Å². The first-order valence-electron chi connectivity index (χ1n) is 4.53.